The van der Waals surface area contributed by atoms with E-state index in [1.165, 1.54) is 6.08 Å². The fraction of sp³-hybridized carbons (Fsp3) is 0.200. The van der Waals surface area contributed by atoms with Gasteiger partial charge < -0.3 is 9.15 Å². The number of hydrogen-bond donors (Lipinski definition) is 0. The number of rotatable bonds is 6. The first-order valence-electron chi connectivity index (χ1n) is 6.21. The Bertz CT molecular complexity index is 592. The number of benzene rings is 1. The third-order valence-corrected chi connectivity index (χ3v) is 3.45. The van der Waals surface area contributed by atoms with Crippen molar-refractivity contribution in [1.29, 1.82) is 0 Å². The molecule has 104 valence electrons. The lowest BCUT2D eigenvalue weighted by atomic mass is 10.3. The summed E-state index contributed by atoms with van der Waals surface area (Å²) in [7, 11) is 0. The fourth-order valence-electron chi connectivity index (χ4n) is 1.59. The van der Waals surface area contributed by atoms with Gasteiger partial charge in [-0.05, 0) is 25.1 Å². The Morgan fingerprint density at radius 3 is 2.85 bits per heavy atom. The van der Waals surface area contributed by atoms with Crippen molar-refractivity contribution < 1.29 is 13.9 Å². The van der Waals surface area contributed by atoms with Gasteiger partial charge in [0.25, 0.3) is 0 Å². The van der Waals surface area contributed by atoms with Gasteiger partial charge in [0.1, 0.15) is 0 Å². The quantitative estimate of drug-likeness (QED) is 0.598. The highest BCUT2D eigenvalue weighted by molar-refractivity contribution is 7.98. The van der Waals surface area contributed by atoms with Gasteiger partial charge in [0.2, 0.25) is 5.89 Å². The van der Waals surface area contributed by atoms with Crippen molar-refractivity contribution in [3.8, 4) is 0 Å². The molecule has 1 aromatic heterocycles. The summed E-state index contributed by atoms with van der Waals surface area (Å²) in [6.45, 7) is 5.67. The molecule has 0 spiro atoms. The highest BCUT2D eigenvalue weighted by Crippen LogP contribution is 2.24. The molecule has 0 unspecified atom stereocenters. The number of carbonyl (C=O) groups excluding carboxylic acids is 1. The first kappa shape index (κ1) is 14.4. The third kappa shape index (κ3) is 3.51. The van der Waals surface area contributed by atoms with Crippen LogP contribution < -0.4 is 0 Å². The molecule has 2 aromatic rings. The monoisotopic (exact) mass is 289 g/mol. The molecule has 0 aliphatic rings. The lowest BCUT2D eigenvalue weighted by molar-refractivity contribution is 0.0519. The SMILES string of the molecule is C=Cc1oc(CSc2ccccc2)nc1C(=O)OCC. The van der Waals surface area contributed by atoms with Gasteiger partial charge in [-0.2, -0.15) is 0 Å². The molecule has 0 atom stereocenters. The second kappa shape index (κ2) is 6.96. The van der Waals surface area contributed by atoms with E-state index in [-0.39, 0.29) is 5.69 Å². The van der Waals surface area contributed by atoms with Crippen LogP contribution in [0.15, 0.2) is 46.2 Å². The number of aromatic nitrogens is 1. The Morgan fingerprint density at radius 2 is 2.20 bits per heavy atom. The summed E-state index contributed by atoms with van der Waals surface area (Å²) in [6.07, 6.45) is 1.47. The maximum Gasteiger partial charge on any atom is 0.360 e. The lowest BCUT2D eigenvalue weighted by Gasteiger charge is -1.97. The number of carbonyl (C=O) groups is 1. The highest BCUT2D eigenvalue weighted by Gasteiger charge is 2.19. The van der Waals surface area contributed by atoms with Gasteiger partial charge in [-0.25, -0.2) is 9.78 Å². The third-order valence-electron chi connectivity index (χ3n) is 2.46. The molecule has 0 N–H and O–H groups in total. The zero-order valence-corrected chi connectivity index (χ0v) is 12.0. The van der Waals surface area contributed by atoms with Gasteiger partial charge in [0, 0.05) is 4.90 Å². The number of nitrogens with zero attached hydrogens (tertiary/aromatic N) is 1. The molecule has 0 saturated heterocycles. The predicted molar refractivity (Wildman–Crippen MR) is 78.6 cm³/mol. The van der Waals surface area contributed by atoms with Crippen LogP contribution in [0.2, 0.25) is 0 Å². The van der Waals surface area contributed by atoms with Crippen LogP contribution in [-0.4, -0.2) is 17.6 Å². The molecular formula is C15H15NO3S. The van der Waals surface area contributed by atoms with Crippen molar-refractivity contribution >= 4 is 23.8 Å². The average Bonchev–Trinajstić information content (AvgIpc) is 2.90. The number of thioether (sulfide) groups is 1. The van der Waals surface area contributed by atoms with Crippen LogP contribution in [-0.2, 0) is 10.5 Å². The summed E-state index contributed by atoms with van der Waals surface area (Å²) in [5.41, 5.74) is 0.186. The van der Waals surface area contributed by atoms with Gasteiger partial charge in [0.05, 0.1) is 12.4 Å². The van der Waals surface area contributed by atoms with Crippen LogP contribution in [0.4, 0.5) is 0 Å². The van der Waals surface area contributed by atoms with Crippen molar-refractivity contribution in [3.63, 3.8) is 0 Å². The fourth-order valence-corrected chi connectivity index (χ4v) is 2.35. The molecule has 2 rings (SSSR count). The van der Waals surface area contributed by atoms with Crippen molar-refractivity contribution in [3.05, 3.63) is 54.3 Å². The summed E-state index contributed by atoms with van der Waals surface area (Å²) < 4.78 is 10.4. The van der Waals surface area contributed by atoms with E-state index in [0.717, 1.165) is 4.90 Å². The van der Waals surface area contributed by atoms with E-state index in [4.69, 9.17) is 9.15 Å². The Morgan fingerprint density at radius 1 is 1.45 bits per heavy atom. The Hall–Kier alpha value is -2.01. The second-order valence-corrected chi connectivity index (χ2v) is 4.90. The minimum absolute atomic E-state index is 0.186. The number of oxazole rings is 1. The molecule has 4 nitrogen and oxygen atoms in total. The van der Waals surface area contributed by atoms with Gasteiger partial charge in [0.15, 0.2) is 11.5 Å². The molecule has 0 fully saturated rings. The van der Waals surface area contributed by atoms with E-state index in [0.29, 0.717) is 24.0 Å². The summed E-state index contributed by atoms with van der Waals surface area (Å²) in [5, 5.41) is 0. The van der Waals surface area contributed by atoms with E-state index >= 15 is 0 Å². The van der Waals surface area contributed by atoms with E-state index in [1.807, 2.05) is 30.3 Å². The van der Waals surface area contributed by atoms with Crippen molar-refractivity contribution in [1.82, 2.24) is 4.98 Å². The topological polar surface area (TPSA) is 52.3 Å². The summed E-state index contributed by atoms with van der Waals surface area (Å²) in [5.74, 6) is 0.899. The molecule has 0 saturated carbocycles. The summed E-state index contributed by atoms with van der Waals surface area (Å²) in [6, 6.07) is 9.92. The minimum atomic E-state index is -0.484. The van der Waals surface area contributed by atoms with Crippen LogP contribution in [0.1, 0.15) is 29.1 Å². The molecule has 0 radical (unpaired) electrons. The van der Waals surface area contributed by atoms with Crippen LogP contribution in [0.5, 0.6) is 0 Å². The smallest absolute Gasteiger partial charge is 0.360 e. The molecule has 5 heteroatoms. The van der Waals surface area contributed by atoms with E-state index in [1.54, 1.807) is 18.7 Å². The van der Waals surface area contributed by atoms with Gasteiger partial charge >= 0.3 is 5.97 Å². The van der Waals surface area contributed by atoms with Crippen LogP contribution >= 0.6 is 11.8 Å². The van der Waals surface area contributed by atoms with Crippen molar-refractivity contribution in [2.75, 3.05) is 6.61 Å². The standard InChI is InChI=1S/C15H15NO3S/c1-3-12-14(15(17)18-4-2)16-13(19-12)10-20-11-8-6-5-7-9-11/h3,5-9H,1,4,10H2,2H3. The van der Waals surface area contributed by atoms with Gasteiger partial charge in [-0.15, -0.1) is 11.8 Å². The molecule has 20 heavy (non-hydrogen) atoms. The molecule has 1 aromatic carbocycles. The zero-order valence-electron chi connectivity index (χ0n) is 11.2. The van der Waals surface area contributed by atoms with Crippen molar-refractivity contribution in [2.45, 2.75) is 17.6 Å². The second-order valence-electron chi connectivity index (χ2n) is 3.85. The zero-order chi connectivity index (χ0) is 14.4. The number of esters is 1. The van der Waals surface area contributed by atoms with E-state index in [9.17, 15) is 4.79 Å². The molecule has 0 aliphatic carbocycles. The van der Waals surface area contributed by atoms with E-state index < -0.39 is 5.97 Å². The molecule has 0 aliphatic heterocycles. The summed E-state index contributed by atoms with van der Waals surface area (Å²) >= 11 is 1.59. The maximum atomic E-state index is 11.7. The van der Waals surface area contributed by atoms with Crippen molar-refractivity contribution in [2.24, 2.45) is 0 Å². The first-order chi connectivity index (χ1) is 9.74. The maximum absolute atomic E-state index is 11.7. The molecule has 1 heterocycles. The summed E-state index contributed by atoms with van der Waals surface area (Å²) in [4.78, 5) is 17.0. The van der Waals surface area contributed by atoms with Gasteiger partial charge in [-0.3, -0.25) is 0 Å². The Balaban J connectivity index is 2.09. The first-order valence-corrected chi connectivity index (χ1v) is 7.20. The van der Waals surface area contributed by atoms with Crippen LogP contribution in [0.3, 0.4) is 0 Å². The number of ether oxygens (including phenoxy) is 1. The average molecular weight is 289 g/mol. The minimum Gasteiger partial charge on any atom is -0.461 e. The Labute approximate surface area is 121 Å². The lowest BCUT2D eigenvalue weighted by Crippen LogP contribution is -2.06. The predicted octanol–water partition coefficient (Wildman–Crippen LogP) is 3.79. The van der Waals surface area contributed by atoms with Crippen LogP contribution in [0.25, 0.3) is 6.08 Å². The van der Waals surface area contributed by atoms with Crippen LogP contribution in [0, 0.1) is 0 Å². The molecule has 0 bridgehead atoms. The molecule has 0 amide bonds. The Kier molecular flexibility index (Phi) is 5.01. The normalized spacial score (nSPS) is 10.2. The largest absolute Gasteiger partial charge is 0.461 e. The van der Waals surface area contributed by atoms with E-state index in [2.05, 4.69) is 11.6 Å². The molecular weight excluding hydrogens is 274 g/mol. The van der Waals surface area contributed by atoms with Gasteiger partial charge in [-0.1, -0.05) is 24.8 Å². The highest BCUT2D eigenvalue weighted by atomic mass is 32.2. The number of hydrogen-bond acceptors (Lipinski definition) is 5.